The molecule has 0 saturated carbocycles. The molecule has 1 heterocycles. The minimum Gasteiger partial charge on any atom is -0.205 e. The molecule has 0 aliphatic heterocycles. The van der Waals surface area contributed by atoms with E-state index in [1.807, 2.05) is 0 Å². The lowest BCUT2D eigenvalue weighted by atomic mass is 10.0. The first kappa shape index (κ1) is 29.2. The van der Waals surface area contributed by atoms with Gasteiger partial charge in [-0.3, -0.25) is 0 Å². The summed E-state index contributed by atoms with van der Waals surface area (Å²) in [5.41, 5.74) is 1.52. The molecule has 0 fully saturated rings. The molecule has 1 heteroatoms. The van der Waals surface area contributed by atoms with Gasteiger partial charge in [0.05, 0.1) is 0 Å². The summed E-state index contributed by atoms with van der Waals surface area (Å²) < 4.78 is 2.39. The average molecular weight is 445 g/mol. The Kier molecular flexibility index (Phi) is 21.3. The normalized spacial score (nSPS) is 11.3. The number of unbranched alkanes of at least 4 members (excludes halogenated alkanes) is 20. The third-order valence-electron chi connectivity index (χ3n) is 7.05. The first-order chi connectivity index (χ1) is 15.9. The van der Waals surface area contributed by atoms with Crippen molar-refractivity contribution in [1.82, 2.24) is 0 Å². The Balaban J connectivity index is 1.88. The third kappa shape index (κ3) is 18.7. The lowest BCUT2D eigenvalue weighted by Gasteiger charge is -2.04. The molecule has 0 atom stereocenters. The van der Waals surface area contributed by atoms with Crippen LogP contribution in [0.15, 0.2) is 24.5 Å². The van der Waals surface area contributed by atoms with Gasteiger partial charge in [-0.05, 0) is 24.8 Å². The first-order valence-corrected chi connectivity index (χ1v) is 14.8. The second-order valence-electron chi connectivity index (χ2n) is 10.3. The van der Waals surface area contributed by atoms with Crippen LogP contribution in [0.1, 0.15) is 161 Å². The molecule has 1 aromatic rings. The second kappa shape index (κ2) is 23.3. The smallest absolute Gasteiger partial charge is 0.169 e. The molecule has 0 amide bonds. The number of hydrogen-bond acceptors (Lipinski definition) is 0. The summed E-state index contributed by atoms with van der Waals surface area (Å²) in [4.78, 5) is 0. The summed E-state index contributed by atoms with van der Waals surface area (Å²) in [6.07, 6.45) is 37.3. The van der Waals surface area contributed by atoms with Crippen molar-refractivity contribution in [3.05, 3.63) is 30.1 Å². The fourth-order valence-corrected chi connectivity index (χ4v) is 4.76. The van der Waals surface area contributed by atoms with Gasteiger partial charge >= 0.3 is 0 Å². The highest BCUT2D eigenvalue weighted by Crippen LogP contribution is 2.13. The fourth-order valence-electron chi connectivity index (χ4n) is 4.76. The molecule has 0 aromatic carbocycles. The van der Waals surface area contributed by atoms with Crippen molar-refractivity contribution in [2.24, 2.45) is 0 Å². The standard InChI is InChI=1S/C31H58N/c1-3-5-7-9-11-13-14-15-16-18-20-22-24-28-32-29-26-31(27-30-32)25-23-21-19-17-12-10-8-6-4-2/h26-27,29-30H,3-25,28H2,1-2H3/q+1. The van der Waals surface area contributed by atoms with Crippen LogP contribution in [0.2, 0.25) is 0 Å². The zero-order chi connectivity index (χ0) is 23.0. The maximum absolute atomic E-state index is 2.39. The van der Waals surface area contributed by atoms with E-state index in [2.05, 4.69) is 42.9 Å². The van der Waals surface area contributed by atoms with Crippen molar-refractivity contribution in [2.45, 2.75) is 168 Å². The molecule has 32 heavy (non-hydrogen) atoms. The monoisotopic (exact) mass is 444 g/mol. The van der Waals surface area contributed by atoms with Gasteiger partial charge in [-0.1, -0.05) is 136 Å². The Morgan fingerprint density at radius 2 is 0.781 bits per heavy atom. The van der Waals surface area contributed by atoms with Gasteiger partial charge in [0.15, 0.2) is 12.4 Å². The molecule has 0 N–H and O–H groups in total. The minimum absolute atomic E-state index is 1.19. The third-order valence-corrected chi connectivity index (χ3v) is 7.05. The van der Waals surface area contributed by atoms with Crippen LogP contribution in [0.4, 0.5) is 0 Å². The van der Waals surface area contributed by atoms with Crippen molar-refractivity contribution in [1.29, 1.82) is 0 Å². The van der Waals surface area contributed by atoms with E-state index in [-0.39, 0.29) is 0 Å². The molecule has 0 radical (unpaired) electrons. The van der Waals surface area contributed by atoms with Crippen molar-refractivity contribution < 1.29 is 4.57 Å². The number of hydrogen-bond donors (Lipinski definition) is 0. The summed E-state index contributed by atoms with van der Waals surface area (Å²) in [5, 5.41) is 0. The Morgan fingerprint density at radius 1 is 0.438 bits per heavy atom. The summed E-state index contributed by atoms with van der Waals surface area (Å²) >= 11 is 0. The van der Waals surface area contributed by atoms with E-state index in [1.165, 1.54) is 160 Å². The van der Waals surface area contributed by atoms with Gasteiger partial charge in [-0.15, -0.1) is 0 Å². The van der Waals surface area contributed by atoms with Crippen molar-refractivity contribution >= 4 is 0 Å². The van der Waals surface area contributed by atoms with Crippen LogP contribution in [-0.2, 0) is 13.0 Å². The van der Waals surface area contributed by atoms with Gasteiger partial charge in [0.25, 0.3) is 0 Å². The summed E-state index contributed by atoms with van der Waals surface area (Å²) in [7, 11) is 0. The zero-order valence-corrected chi connectivity index (χ0v) is 22.2. The highest BCUT2D eigenvalue weighted by molar-refractivity contribution is 5.07. The second-order valence-corrected chi connectivity index (χ2v) is 10.3. The molecule has 0 bridgehead atoms. The van der Waals surface area contributed by atoms with Crippen LogP contribution in [0, 0.1) is 0 Å². The Bertz CT molecular complexity index is 478. The summed E-state index contributed by atoms with van der Waals surface area (Å²) in [6, 6.07) is 4.71. The molecular weight excluding hydrogens is 386 g/mol. The van der Waals surface area contributed by atoms with E-state index in [1.54, 1.807) is 0 Å². The quantitative estimate of drug-likeness (QED) is 0.110. The van der Waals surface area contributed by atoms with Gasteiger partial charge in [-0.2, -0.15) is 0 Å². The predicted molar refractivity (Wildman–Crippen MR) is 143 cm³/mol. The number of rotatable bonds is 24. The molecule has 1 aromatic heterocycles. The topological polar surface area (TPSA) is 3.88 Å². The van der Waals surface area contributed by atoms with Crippen molar-refractivity contribution in [3.63, 3.8) is 0 Å². The van der Waals surface area contributed by atoms with E-state index < -0.39 is 0 Å². The predicted octanol–water partition coefficient (Wildman–Crippen LogP) is 10.1. The number of aryl methyl sites for hydroxylation is 2. The maximum atomic E-state index is 2.39. The highest BCUT2D eigenvalue weighted by Gasteiger charge is 2.02. The largest absolute Gasteiger partial charge is 0.205 e. The van der Waals surface area contributed by atoms with Gasteiger partial charge < -0.3 is 0 Å². The number of aromatic nitrogens is 1. The molecule has 1 rings (SSSR count). The Morgan fingerprint density at radius 3 is 1.19 bits per heavy atom. The van der Waals surface area contributed by atoms with Crippen molar-refractivity contribution in [2.75, 3.05) is 0 Å². The highest BCUT2D eigenvalue weighted by atomic mass is 14.9. The summed E-state index contributed by atoms with van der Waals surface area (Å²) in [6.45, 7) is 5.79. The summed E-state index contributed by atoms with van der Waals surface area (Å²) in [5.74, 6) is 0. The first-order valence-electron chi connectivity index (χ1n) is 14.8. The van der Waals surface area contributed by atoms with Crippen LogP contribution in [-0.4, -0.2) is 0 Å². The van der Waals surface area contributed by atoms with E-state index in [4.69, 9.17) is 0 Å². The SMILES string of the molecule is CCCCCCCCCCCCCCC[n+]1ccc(CCCCCCCCCCC)cc1. The van der Waals surface area contributed by atoms with Gasteiger partial charge in [0.1, 0.15) is 6.54 Å². The van der Waals surface area contributed by atoms with Crippen LogP contribution < -0.4 is 4.57 Å². The average Bonchev–Trinajstić information content (AvgIpc) is 2.82. The van der Waals surface area contributed by atoms with E-state index in [9.17, 15) is 0 Å². The minimum atomic E-state index is 1.19. The Hall–Kier alpha value is -0.850. The van der Waals surface area contributed by atoms with E-state index in [0.29, 0.717) is 0 Å². The molecule has 0 unspecified atom stereocenters. The van der Waals surface area contributed by atoms with Gasteiger partial charge in [0.2, 0.25) is 0 Å². The van der Waals surface area contributed by atoms with Gasteiger partial charge in [-0.25, -0.2) is 4.57 Å². The number of nitrogens with zero attached hydrogens (tertiary/aromatic N) is 1. The van der Waals surface area contributed by atoms with E-state index in [0.717, 1.165) is 0 Å². The molecular formula is C31H58N+. The molecule has 0 aliphatic rings. The van der Waals surface area contributed by atoms with Crippen LogP contribution in [0.5, 0.6) is 0 Å². The van der Waals surface area contributed by atoms with Crippen LogP contribution in [0.25, 0.3) is 0 Å². The van der Waals surface area contributed by atoms with Crippen LogP contribution >= 0.6 is 0 Å². The fraction of sp³-hybridized carbons (Fsp3) is 0.839. The van der Waals surface area contributed by atoms with Crippen molar-refractivity contribution in [3.8, 4) is 0 Å². The molecule has 0 saturated heterocycles. The molecule has 1 nitrogen and oxygen atoms in total. The lowest BCUT2D eigenvalue weighted by molar-refractivity contribution is -0.697. The lowest BCUT2D eigenvalue weighted by Crippen LogP contribution is -2.32. The van der Waals surface area contributed by atoms with E-state index >= 15 is 0 Å². The molecule has 186 valence electrons. The number of pyridine rings is 1. The molecule has 0 spiro atoms. The molecule has 0 aliphatic carbocycles. The zero-order valence-electron chi connectivity index (χ0n) is 22.2. The Labute approximate surface area is 202 Å². The van der Waals surface area contributed by atoms with Gasteiger partial charge in [0, 0.05) is 18.6 Å². The maximum Gasteiger partial charge on any atom is 0.169 e. The van der Waals surface area contributed by atoms with Crippen LogP contribution in [0.3, 0.4) is 0 Å².